The third kappa shape index (κ3) is 3.16. The molecule has 0 bridgehead atoms. The molecule has 4 aromatic carbocycles. The molecule has 8 aromatic rings. The van der Waals surface area contributed by atoms with Gasteiger partial charge in [0.15, 0.2) is 5.82 Å². The first-order chi connectivity index (χ1) is 19.7. The zero-order valence-corrected chi connectivity index (χ0v) is 22.6. The summed E-state index contributed by atoms with van der Waals surface area (Å²) in [5, 5.41) is 6.14. The summed E-state index contributed by atoms with van der Waals surface area (Å²) in [6.45, 7) is 2.16. The second kappa shape index (κ2) is 8.71. The number of benzene rings is 4. The quantitative estimate of drug-likeness (QED) is 0.209. The van der Waals surface area contributed by atoms with Crippen molar-refractivity contribution in [3.8, 4) is 23.8 Å². The number of hydrogen-bond acceptors (Lipinski definition) is 2. The van der Waals surface area contributed by atoms with E-state index in [1.807, 2.05) is 12.3 Å². The van der Waals surface area contributed by atoms with Crippen molar-refractivity contribution in [3.63, 3.8) is 0 Å². The SMILES string of the molecule is C#C/C=C\c1c(C)c2ccccc2n1-c1ccc2sc3c(-n4c5ccccc5c5ccccc54)nccc3c2c1. The Morgan fingerprint density at radius 1 is 0.725 bits per heavy atom. The van der Waals surface area contributed by atoms with Crippen molar-refractivity contribution in [2.75, 3.05) is 0 Å². The van der Waals surface area contributed by atoms with Crippen LogP contribution >= 0.6 is 11.3 Å². The number of para-hydroxylation sites is 3. The summed E-state index contributed by atoms with van der Waals surface area (Å²) in [5.41, 5.74) is 6.94. The summed E-state index contributed by atoms with van der Waals surface area (Å²) in [6, 6.07) is 34.6. The molecule has 4 heteroatoms. The maximum absolute atomic E-state index is 5.60. The van der Waals surface area contributed by atoms with Crippen LogP contribution in [-0.4, -0.2) is 14.1 Å². The van der Waals surface area contributed by atoms with Crippen molar-refractivity contribution >= 4 is 70.3 Å². The Kier molecular flexibility index (Phi) is 4.97. The molecule has 0 radical (unpaired) electrons. The number of aromatic nitrogens is 3. The van der Waals surface area contributed by atoms with Gasteiger partial charge in [-0.25, -0.2) is 4.98 Å². The minimum absolute atomic E-state index is 0.970. The molecule has 0 amide bonds. The van der Waals surface area contributed by atoms with E-state index in [0.717, 1.165) is 17.2 Å². The summed E-state index contributed by atoms with van der Waals surface area (Å²) in [7, 11) is 0. The molecule has 0 fully saturated rings. The normalized spacial score (nSPS) is 12.0. The fourth-order valence-electron chi connectivity index (χ4n) is 6.15. The molecule has 0 spiro atoms. The molecule has 0 N–H and O–H groups in total. The van der Waals surface area contributed by atoms with E-state index in [2.05, 4.69) is 119 Å². The van der Waals surface area contributed by atoms with Gasteiger partial charge in [-0.2, -0.15) is 0 Å². The molecule has 4 heterocycles. The Morgan fingerprint density at radius 3 is 2.08 bits per heavy atom. The molecule has 4 aromatic heterocycles. The van der Waals surface area contributed by atoms with Crippen LogP contribution in [0.5, 0.6) is 0 Å². The summed E-state index contributed by atoms with van der Waals surface area (Å²) >= 11 is 1.80. The first-order valence-corrected chi connectivity index (χ1v) is 14.1. The molecule has 188 valence electrons. The van der Waals surface area contributed by atoms with Crippen molar-refractivity contribution in [2.45, 2.75) is 6.92 Å². The van der Waals surface area contributed by atoms with Crippen LogP contribution in [0.25, 0.3) is 70.5 Å². The summed E-state index contributed by atoms with van der Waals surface area (Å²) in [5.74, 6) is 3.63. The number of nitrogens with zero attached hydrogens (tertiary/aromatic N) is 3. The Bertz CT molecular complexity index is 2300. The van der Waals surface area contributed by atoms with Crippen molar-refractivity contribution in [1.29, 1.82) is 0 Å². The van der Waals surface area contributed by atoms with Gasteiger partial charge in [0.1, 0.15) is 0 Å². The average Bonchev–Trinajstić information content (AvgIpc) is 3.63. The lowest BCUT2D eigenvalue weighted by Crippen LogP contribution is -1.97. The minimum atomic E-state index is 0.970. The van der Waals surface area contributed by atoms with Crippen molar-refractivity contribution < 1.29 is 0 Å². The number of allylic oxidation sites excluding steroid dienone is 1. The first kappa shape index (κ1) is 22.8. The van der Waals surface area contributed by atoms with Crippen molar-refractivity contribution in [1.82, 2.24) is 14.1 Å². The van der Waals surface area contributed by atoms with Gasteiger partial charge in [0.2, 0.25) is 0 Å². The van der Waals surface area contributed by atoms with Crippen LogP contribution in [0.1, 0.15) is 11.3 Å². The highest BCUT2D eigenvalue weighted by Crippen LogP contribution is 2.41. The zero-order valence-electron chi connectivity index (χ0n) is 21.8. The summed E-state index contributed by atoms with van der Waals surface area (Å²) in [6.07, 6.45) is 11.4. The van der Waals surface area contributed by atoms with E-state index in [-0.39, 0.29) is 0 Å². The van der Waals surface area contributed by atoms with Gasteiger partial charge >= 0.3 is 0 Å². The van der Waals surface area contributed by atoms with Gasteiger partial charge in [-0.3, -0.25) is 4.57 Å². The molecule has 3 nitrogen and oxygen atoms in total. The van der Waals surface area contributed by atoms with Crippen LogP contribution in [-0.2, 0) is 0 Å². The van der Waals surface area contributed by atoms with Gasteiger partial charge in [-0.1, -0.05) is 60.5 Å². The van der Waals surface area contributed by atoms with Gasteiger partial charge in [0.05, 0.1) is 26.9 Å². The highest BCUT2D eigenvalue weighted by molar-refractivity contribution is 7.26. The minimum Gasteiger partial charge on any atom is -0.310 e. The first-order valence-electron chi connectivity index (χ1n) is 13.3. The average molecular weight is 530 g/mol. The number of rotatable bonds is 3. The lowest BCUT2D eigenvalue weighted by atomic mass is 10.1. The number of thiophene rings is 1. The van der Waals surface area contributed by atoms with Gasteiger partial charge in [0, 0.05) is 43.5 Å². The number of pyridine rings is 1. The Labute approximate surface area is 235 Å². The fourth-order valence-corrected chi connectivity index (χ4v) is 7.31. The number of aryl methyl sites for hydroxylation is 1. The second-order valence-electron chi connectivity index (χ2n) is 10.0. The number of terminal acetylenes is 1. The molecular weight excluding hydrogens is 506 g/mol. The van der Waals surface area contributed by atoms with Crippen molar-refractivity contribution in [3.05, 3.63) is 121 Å². The largest absolute Gasteiger partial charge is 0.310 e. The molecule has 40 heavy (non-hydrogen) atoms. The van der Waals surface area contributed by atoms with Gasteiger partial charge in [0.25, 0.3) is 0 Å². The molecular formula is C36H23N3S. The van der Waals surface area contributed by atoms with Crippen LogP contribution in [0.4, 0.5) is 0 Å². The van der Waals surface area contributed by atoms with E-state index < -0.39 is 0 Å². The molecule has 8 rings (SSSR count). The lowest BCUT2D eigenvalue weighted by Gasteiger charge is -2.10. The molecule has 0 saturated carbocycles. The van der Waals surface area contributed by atoms with Gasteiger partial charge in [-0.05, 0) is 67.1 Å². The third-order valence-corrected chi connectivity index (χ3v) is 9.10. The highest BCUT2D eigenvalue weighted by Gasteiger charge is 2.19. The number of hydrogen-bond donors (Lipinski definition) is 0. The van der Waals surface area contributed by atoms with Crippen LogP contribution in [0.2, 0.25) is 0 Å². The fraction of sp³-hybridized carbons (Fsp3) is 0.0278. The predicted octanol–water partition coefficient (Wildman–Crippen LogP) is 9.45. The highest BCUT2D eigenvalue weighted by atomic mass is 32.1. The lowest BCUT2D eigenvalue weighted by molar-refractivity contribution is 1.10. The topological polar surface area (TPSA) is 22.8 Å². The number of fused-ring (bicyclic) bond motifs is 7. The van der Waals surface area contributed by atoms with E-state index in [4.69, 9.17) is 11.4 Å². The zero-order chi connectivity index (χ0) is 26.8. The Morgan fingerprint density at radius 2 is 1.38 bits per heavy atom. The van der Waals surface area contributed by atoms with Crippen LogP contribution < -0.4 is 0 Å². The molecule has 0 unspecified atom stereocenters. The van der Waals surface area contributed by atoms with Crippen molar-refractivity contribution in [2.24, 2.45) is 0 Å². The monoisotopic (exact) mass is 529 g/mol. The molecule has 0 aliphatic heterocycles. The molecule has 0 saturated heterocycles. The predicted molar refractivity (Wildman–Crippen MR) is 171 cm³/mol. The van der Waals surface area contributed by atoms with Gasteiger partial charge < -0.3 is 4.57 Å². The Hall–Kier alpha value is -5.11. The van der Waals surface area contributed by atoms with E-state index in [0.29, 0.717) is 0 Å². The smallest absolute Gasteiger partial charge is 0.155 e. The summed E-state index contributed by atoms with van der Waals surface area (Å²) in [4.78, 5) is 4.96. The van der Waals surface area contributed by atoms with E-state index in [9.17, 15) is 0 Å². The van der Waals surface area contributed by atoms with E-state index in [1.165, 1.54) is 58.4 Å². The third-order valence-electron chi connectivity index (χ3n) is 7.91. The summed E-state index contributed by atoms with van der Waals surface area (Å²) < 4.78 is 7.05. The maximum Gasteiger partial charge on any atom is 0.155 e. The van der Waals surface area contributed by atoms with Crippen LogP contribution in [0, 0.1) is 19.3 Å². The van der Waals surface area contributed by atoms with E-state index in [1.54, 1.807) is 17.4 Å². The Balaban J connectivity index is 1.41. The standard InChI is InChI=1S/C36H23N3S/c1-3-4-14-30-23(2)25-11-5-8-15-31(25)38(30)24-18-19-34-29(22-24)28-20-21-37-36(35(28)40-34)39-32-16-9-6-12-26(32)27-13-7-10-17-33(27)39/h1,4-22H,2H3/b14-4-. The van der Waals surface area contributed by atoms with E-state index >= 15 is 0 Å². The van der Waals surface area contributed by atoms with Crippen LogP contribution in [0.3, 0.4) is 0 Å². The van der Waals surface area contributed by atoms with Crippen LogP contribution in [0.15, 0.2) is 109 Å². The molecule has 0 atom stereocenters. The molecule has 0 aliphatic carbocycles. The second-order valence-corrected chi connectivity index (χ2v) is 11.1. The maximum atomic E-state index is 5.60. The van der Waals surface area contributed by atoms with Gasteiger partial charge in [-0.15, -0.1) is 17.8 Å². The molecule has 0 aliphatic rings.